The molecular formula is C16H18ClN3O2S. The van der Waals surface area contributed by atoms with Crippen molar-refractivity contribution in [2.45, 2.75) is 37.2 Å². The van der Waals surface area contributed by atoms with E-state index >= 15 is 0 Å². The predicted molar refractivity (Wildman–Crippen MR) is 92.0 cm³/mol. The molecule has 0 saturated carbocycles. The summed E-state index contributed by atoms with van der Waals surface area (Å²) in [5, 5.41) is 10.6. The van der Waals surface area contributed by atoms with Crippen LogP contribution in [0.3, 0.4) is 0 Å². The van der Waals surface area contributed by atoms with E-state index in [0.29, 0.717) is 16.6 Å². The van der Waals surface area contributed by atoms with Crippen LogP contribution in [0.15, 0.2) is 33.7 Å². The van der Waals surface area contributed by atoms with Crippen molar-refractivity contribution in [1.82, 2.24) is 10.5 Å². The monoisotopic (exact) mass is 351 g/mol. The van der Waals surface area contributed by atoms with Gasteiger partial charge in [0, 0.05) is 22.0 Å². The molecule has 0 aliphatic carbocycles. The first kappa shape index (κ1) is 16.4. The molecular weight excluding hydrogens is 334 g/mol. The minimum atomic E-state index is -0.355. The van der Waals surface area contributed by atoms with Gasteiger partial charge in [0.25, 0.3) is 0 Å². The Bertz CT molecular complexity index is 719. The van der Waals surface area contributed by atoms with Crippen LogP contribution in [-0.2, 0) is 4.79 Å². The van der Waals surface area contributed by atoms with E-state index in [9.17, 15) is 4.79 Å². The van der Waals surface area contributed by atoms with Crippen molar-refractivity contribution in [1.29, 1.82) is 0 Å². The van der Waals surface area contributed by atoms with Gasteiger partial charge >= 0.3 is 0 Å². The van der Waals surface area contributed by atoms with Gasteiger partial charge in [0.2, 0.25) is 5.91 Å². The minimum Gasteiger partial charge on any atom is -0.360 e. The van der Waals surface area contributed by atoms with E-state index < -0.39 is 0 Å². The SMILES string of the molecule is Cc1cc(NC(=O)[C@@H](C)N[C@@H]2CCSc3ccc(Cl)cc32)no1. The zero-order valence-electron chi connectivity index (χ0n) is 12.9. The molecule has 23 heavy (non-hydrogen) atoms. The van der Waals surface area contributed by atoms with E-state index in [4.69, 9.17) is 16.1 Å². The van der Waals surface area contributed by atoms with Crippen molar-refractivity contribution in [2.75, 3.05) is 11.1 Å². The van der Waals surface area contributed by atoms with Crippen LogP contribution in [0.2, 0.25) is 5.02 Å². The van der Waals surface area contributed by atoms with Crippen LogP contribution in [0, 0.1) is 6.92 Å². The second kappa shape index (κ2) is 6.95. The number of anilines is 1. The summed E-state index contributed by atoms with van der Waals surface area (Å²) >= 11 is 7.94. The number of amides is 1. The Hall–Kier alpha value is -1.50. The third kappa shape index (κ3) is 3.88. The Balaban J connectivity index is 1.67. The van der Waals surface area contributed by atoms with E-state index in [2.05, 4.69) is 15.8 Å². The van der Waals surface area contributed by atoms with Crippen LogP contribution < -0.4 is 10.6 Å². The summed E-state index contributed by atoms with van der Waals surface area (Å²) < 4.78 is 4.95. The molecule has 2 heterocycles. The Morgan fingerprint density at radius 2 is 2.30 bits per heavy atom. The first-order chi connectivity index (χ1) is 11.0. The van der Waals surface area contributed by atoms with Crippen LogP contribution in [0.4, 0.5) is 5.82 Å². The molecule has 1 amide bonds. The largest absolute Gasteiger partial charge is 0.360 e. The Labute approximate surface area is 144 Å². The van der Waals surface area contributed by atoms with Crippen LogP contribution >= 0.6 is 23.4 Å². The number of halogens is 1. The lowest BCUT2D eigenvalue weighted by Gasteiger charge is -2.28. The molecule has 2 N–H and O–H groups in total. The quantitative estimate of drug-likeness (QED) is 0.877. The number of nitrogens with zero attached hydrogens (tertiary/aromatic N) is 1. The number of aryl methyl sites for hydroxylation is 1. The topological polar surface area (TPSA) is 67.2 Å². The summed E-state index contributed by atoms with van der Waals surface area (Å²) in [6, 6.07) is 7.37. The van der Waals surface area contributed by atoms with Crippen molar-refractivity contribution in [2.24, 2.45) is 0 Å². The number of aromatic nitrogens is 1. The van der Waals surface area contributed by atoms with Gasteiger partial charge in [0.15, 0.2) is 5.82 Å². The zero-order valence-corrected chi connectivity index (χ0v) is 14.5. The molecule has 0 saturated heterocycles. The number of nitrogens with one attached hydrogen (secondary N) is 2. The number of benzene rings is 1. The third-order valence-corrected chi connectivity index (χ3v) is 5.09. The average Bonchev–Trinajstić information content (AvgIpc) is 2.93. The molecule has 0 radical (unpaired) electrons. The molecule has 1 aliphatic rings. The molecule has 0 bridgehead atoms. The van der Waals surface area contributed by atoms with Gasteiger partial charge in [-0.1, -0.05) is 16.8 Å². The first-order valence-electron chi connectivity index (χ1n) is 7.45. The highest BCUT2D eigenvalue weighted by Gasteiger charge is 2.25. The molecule has 0 fully saturated rings. The molecule has 5 nitrogen and oxygen atoms in total. The van der Waals surface area contributed by atoms with Crippen LogP contribution in [0.1, 0.15) is 30.7 Å². The van der Waals surface area contributed by atoms with E-state index in [1.807, 2.05) is 36.9 Å². The van der Waals surface area contributed by atoms with Gasteiger partial charge < -0.3 is 9.84 Å². The predicted octanol–water partition coefficient (Wildman–Crippen LogP) is 3.79. The molecule has 1 aromatic heterocycles. The zero-order chi connectivity index (χ0) is 16.4. The Kier molecular flexibility index (Phi) is 4.94. The highest BCUT2D eigenvalue weighted by molar-refractivity contribution is 7.99. The number of thioether (sulfide) groups is 1. The molecule has 1 aromatic carbocycles. The molecule has 2 aromatic rings. The fourth-order valence-corrected chi connectivity index (χ4v) is 3.86. The number of hydrogen-bond donors (Lipinski definition) is 2. The Morgan fingerprint density at radius 3 is 3.04 bits per heavy atom. The van der Waals surface area contributed by atoms with Gasteiger partial charge in [-0.3, -0.25) is 10.1 Å². The molecule has 0 spiro atoms. The summed E-state index contributed by atoms with van der Waals surface area (Å²) in [7, 11) is 0. The van der Waals surface area contributed by atoms with Gasteiger partial charge in [-0.05, 0) is 49.8 Å². The molecule has 122 valence electrons. The summed E-state index contributed by atoms with van der Waals surface area (Å²) in [4.78, 5) is 13.5. The van der Waals surface area contributed by atoms with E-state index in [1.54, 1.807) is 13.0 Å². The lowest BCUT2D eigenvalue weighted by molar-refractivity contribution is -0.118. The lowest BCUT2D eigenvalue weighted by Crippen LogP contribution is -2.41. The van der Waals surface area contributed by atoms with Gasteiger partial charge in [-0.2, -0.15) is 0 Å². The lowest BCUT2D eigenvalue weighted by atomic mass is 10.0. The second-order valence-electron chi connectivity index (χ2n) is 5.57. The van der Waals surface area contributed by atoms with Crippen molar-refractivity contribution in [3.63, 3.8) is 0 Å². The maximum Gasteiger partial charge on any atom is 0.242 e. The van der Waals surface area contributed by atoms with Gasteiger partial charge in [-0.15, -0.1) is 11.8 Å². The van der Waals surface area contributed by atoms with Gasteiger partial charge in [0.1, 0.15) is 5.76 Å². The summed E-state index contributed by atoms with van der Waals surface area (Å²) in [6.07, 6.45) is 0.957. The fourth-order valence-electron chi connectivity index (χ4n) is 2.58. The number of carbonyl (C=O) groups excluding carboxylic acids is 1. The number of hydrogen-bond acceptors (Lipinski definition) is 5. The van der Waals surface area contributed by atoms with Crippen LogP contribution in [0.5, 0.6) is 0 Å². The maximum atomic E-state index is 12.3. The standard InChI is InChI=1S/C16H18ClN3O2S/c1-9-7-15(20-22-9)19-16(21)10(2)18-13-5-6-23-14-4-3-11(17)8-12(13)14/h3-4,7-8,10,13,18H,5-6H2,1-2H3,(H,19,20,21)/t10-,13-/m1/s1. The maximum absolute atomic E-state index is 12.3. The first-order valence-corrected chi connectivity index (χ1v) is 8.82. The third-order valence-electron chi connectivity index (χ3n) is 3.74. The van der Waals surface area contributed by atoms with Gasteiger partial charge in [0.05, 0.1) is 6.04 Å². The normalized spacial score (nSPS) is 18.3. The van der Waals surface area contributed by atoms with E-state index in [-0.39, 0.29) is 18.0 Å². The van der Waals surface area contributed by atoms with Gasteiger partial charge in [-0.25, -0.2) is 0 Å². The molecule has 7 heteroatoms. The van der Waals surface area contributed by atoms with E-state index in [1.165, 1.54) is 4.90 Å². The molecule has 1 aliphatic heterocycles. The smallest absolute Gasteiger partial charge is 0.242 e. The summed E-state index contributed by atoms with van der Waals surface area (Å²) in [6.45, 7) is 3.62. The molecule has 3 rings (SSSR count). The number of fused-ring (bicyclic) bond motifs is 1. The summed E-state index contributed by atoms with van der Waals surface area (Å²) in [5.74, 6) is 1.97. The fraction of sp³-hybridized carbons (Fsp3) is 0.375. The highest BCUT2D eigenvalue weighted by Crippen LogP contribution is 2.37. The molecule has 2 atom stereocenters. The minimum absolute atomic E-state index is 0.116. The van der Waals surface area contributed by atoms with Crippen LogP contribution in [-0.4, -0.2) is 22.9 Å². The average molecular weight is 352 g/mol. The van der Waals surface area contributed by atoms with Crippen LogP contribution in [0.25, 0.3) is 0 Å². The number of carbonyl (C=O) groups is 1. The summed E-state index contributed by atoms with van der Waals surface area (Å²) in [5.41, 5.74) is 1.16. The van der Waals surface area contributed by atoms with E-state index in [0.717, 1.165) is 17.7 Å². The van der Waals surface area contributed by atoms with Crippen molar-refractivity contribution >= 4 is 35.1 Å². The second-order valence-corrected chi connectivity index (χ2v) is 7.15. The van der Waals surface area contributed by atoms with Crippen molar-refractivity contribution in [3.05, 3.63) is 40.6 Å². The van der Waals surface area contributed by atoms with Crippen molar-refractivity contribution in [3.8, 4) is 0 Å². The van der Waals surface area contributed by atoms with Crippen molar-refractivity contribution < 1.29 is 9.32 Å². The highest BCUT2D eigenvalue weighted by atomic mass is 35.5. The number of rotatable bonds is 4. The Morgan fingerprint density at radius 1 is 1.48 bits per heavy atom. The molecule has 0 unspecified atom stereocenters.